The Morgan fingerprint density at radius 1 is 0.818 bits per heavy atom. The number of hydrogen-bond acceptors (Lipinski definition) is 4. The third kappa shape index (κ3) is 8.40. The fourth-order valence-corrected chi connectivity index (χ4v) is 6.42. The molecule has 0 aliphatic heterocycles. The average Bonchev–Trinajstić information content (AvgIpc) is 3.03. The molecule has 10 heteroatoms. The number of hydrogen-bond donors (Lipinski definition) is 1. The minimum atomic E-state index is -4.19. The second-order valence-electron chi connectivity index (χ2n) is 10.4. The van der Waals surface area contributed by atoms with Crippen LogP contribution in [-0.2, 0) is 32.6 Å². The van der Waals surface area contributed by atoms with Gasteiger partial charge in [0.05, 0.1) is 10.6 Å². The molecular formula is C34H35Cl2N3O4S. The second-order valence-corrected chi connectivity index (χ2v) is 13.1. The quantitative estimate of drug-likeness (QED) is 0.173. The van der Waals surface area contributed by atoms with E-state index in [9.17, 15) is 18.0 Å². The Bertz CT molecular complexity index is 1650. The molecule has 4 rings (SSSR count). The van der Waals surface area contributed by atoms with Gasteiger partial charge in [-0.3, -0.25) is 13.9 Å². The van der Waals surface area contributed by atoms with E-state index >= 15 is 0 Å². The molecule has 0 aliphatic carbocycles. The zero-order valence-corrected chi connectivity index (χ0v) is 26.9. The van der Waals surface area contributed by atoms with Gasteiger partial charge in [-0.25, -0.2) is 8.42 Å². The van der Waals surface area contributed by atoms with Gasteiger partial charge in [0.25, 0.3) is 10.0 Å². The summed E-state index contributed by atoms with van der Waals surface area (Å²) in [6.07, 6.45) is 0.910. The Balaban J connectivity index is 1.80. The minimum absolute atomic E-state index is 0.0101. The van der Waals surface area contributed by atoms with Crippen molar-refractivity contribution in [3.8, 4) is 0 Å². The Morgan fingerprint density at radius 2 is 1.41 bits per heavy atom. The van der Waals surface area contributed by atoms with Crippen LogP contribution in [0, 0.1) is 0 Å². The van der Waals surface area contributed by atoms with Crippen molar-refractivity contribution in [3.63, 3.8) is 0 Å². The highest BCUT2D eigenvalue weighted by atomic mass is 35.5. The van der Waals surface area contributed by atoms with Crippen molar-refractivity contribution in [3.05, 3.63) is 130 Å². The number of nitrogens with zero attached hydrogens (tertiary/aromatic N) is 2. The zero-order chi connectivity index (χ0) is 31.7. The lowest BCUT2D eigenvalue weighted by Gasteiger charge is -2.34. The Labute approximate surface area is 269 Å². The first kappa shape index (κ1) is 33.1. The molecule has 0 radical (unpaired) electrons. The van der Waals surface area contributed by atoms with Crippen LogP contribution < -0.4 is 9.62 Å². The number of sulfonamides is 1. The fourth-order valence-electron chi connectivity index (χ4n) is 4.66. The lowest BCUT2D eigenvalue weighted by Crippen LogP contribution is -2.54. The molecule has 0 saturated carbocycles. The average molecular weight is 653 g/mol. The monoisotopic (exact) mass is 651 g/mol. The van der Waals surface area contributed by atoms with Crippen LogP contribution in [0.4, 0.5) is 5.69 Å². The summed E-state index contributed by atoms with van der Waals surface area (Å²) in [5.41, 5.74) is 1.73. The van der Waals surface area contributed by atoms with Crippen molar-refractivity contribution in [2.45, 2.75) is 50.2 Å². The van der Waals surface area contributed by atoms with Crippen LogP contribution in [0.15, 0.2) is 114 Å². The molecule has 2 unspecified atom stereocenters. The maximum atomic E-state index is 14.4. The largest absolute Gasteiger partial charge is 0.352 e. The fraction of sp³-hybridized carbons (Fsp3) is 0.235. The van der Waals surface area contributed by atoms with Crippen LogP contribution >= 0.6 is 23.2 Å². The molecule has 0 spiro atoms. The van der Waals surface area contributed by atoms with Gasteiger partial charge in [-0.1, -0.05) is 96.9 Å². The van der Waals surface area contributed by atoms with Gasteiger partial charge in [0.1, 0.15) is 12.6 Å². The van der Waals surface area contributed by atoms with Crippen LogP contribution in [0.1, 0.15) is 31.4 Å². The highest BCUT2D eigenvalue weighted by Crippen LogP contribution is 2.27. The van der Waals surface area contributed by atoms with Gasteiger partial charge < -0.3 is 10.2 Å². The van der Waals surface area contributed by atoms with E-state index in [1.54, 1.807) is 66.7 Å². The number of carbonyl (C=O) groups excluding carboxylic acids is 2. The standard InChI is InChI=1S/C34H35Cl2N3O4S/c1-3-25(2)37-34(41)32(22-26-12-6-4-7-13-26)38(23-27-14-10-11-17-31(27)36)33(40)24-39(29-20-18-28(35)19-21-29)44(42,43)30-15-8-5-9-16-30/h4-21,25,32H,3,22-24H2,1-2H3,(H,37,41). The van der Waals surface area contributed by atoms with Gasteiger partial charge in [0.15, 0.2) is 0 Å². The smallest absolute Gasteiger partial charge is 0.264 e. The van der Waals surface area contributed by atoms with Crippen LogP contribution in [0.25, 0.3) is 0 Å². The van der Waals surface area contributed by atoms with Crippen LogP contribution in [0.3, 0.4) is 0 Å². The van der Waals surface area contributed by atoms with Crippen molar-refractivity contribution in [2.24, 2.45) is 0 Å². The molecule has 4 aromatic rings. The van der Waals surface area contributed by atoms with Gasteiger partial charge in [0.2, 0.25) is 11.8 Å². The summed E-state index contributed by atoms with van der Waals surface area (Å²) in [5, 5.41) is 3.87. The first-order valence-electron chi connectivity index (χ1n) is 14.3. The number of anilines is 1. The highest BCUT2D eigenvalue weighted by molar-refractivity contribution is 7.92. The molecule has 0 heterocycles. The molecule has 2 amide bonds. The number of halogens is 2. The molecule has 44 heavy (non-hydrogen) atoms. The maximum absolute atomic E-state index is 14.4. The summed E-state index contributed by atoms with van der Waals surface area (Å²) in [7, 11) is -4.19. The second kappa shape index (κ2) is 15.2. The predicted molar refractivity (Wildman–Crippen MR) is 176 cm³/mol. The van der Waals surface area contributed by atoms with E-state index in [1.165, 1.54) is 17.0 Å². The summed E-state index contributed by atoms with van der Waals surface area (Å²) in [5.74, 6) is -0.910. The lowest BCUT2D eigenvalue weighted by atomic mass is 10.0. The van der Waals surface area contributed by atoms with Crippen molar-refractivity contribution < 1.29 is 18.0 Å². The molecule has 230 valence electrons. The van der Waals surface area contributed by atoms with E-state index in [2.05, 4.69) is 5.32 Å². The summed E-state index contributed by atoms with van der Waals surface area (Å²) in [6, 6.07) is 29.5. The molecule has 2 atom stereocenters. The van der Waals surface area contributed by atoms with E-state index in [4.69, 9.17) is 23.2 Å². The molecular weight excluding hydrogens is 617 g/mol. The summed E-state index contributed by atoms with van der Waals surface area (Å²) in [6.45, 7) is 3.28. The molecule has 0 bridgehead atoms. The number of benzene rings is 4. The van der Waals surface area contributed by atoms with Gasteiger partial charge in [-0.15, -0.1) is 0 Å². The molecule has 0 aromatic heterocycles. The third-order valence-electron chi connectivity index (χ3n) is 7.30. The van der Waals surface area contributed by atoms with Gasteiger partial charge >= 0.3 is 0 Å². The number of amides is 2. The number of rotatable bonds is 13. The van der Waals surface area contributed by atoms with Gasteiger partial charge in [0, 0.05) is 29.1 Å². The first-order valence-corrected chi connectivity index (χ1v) is 16.5. The van der Waals surface area contributed by atoms with Crippen molar-refractivity contribution in [1.29, 1.82) is 0 Å². The summed E-state index contributed by atoms with van der Waals surface area (Å²) in [4.78, 5) is 29.8. The maximum Gasteiger partial charge on any atom is 0.264 e. The van der Waals surface area contributed by atoms with E-state index in [0.717, 1.165) is 9.87 Å². The molecule has 0 fully saturated rings. The SMILES string of the molecule is CCC(C)NC(=O)C(Cc1ccccc1)N(Cc1ccccc1Cl)C(=O)CN(c1ccc(Cl)cc1)S(=O)(=O)c1ccccc1. The van der Waals surface area contributed by atoms with Crippen molar-refractivity contribution in [1.82, 2.24) is 10.2 Å². The Hall–Kier alpha value is -3.85. The molecule has 0 saturated heterocycles. The summed E-state index contributed by atoms with van der Waals surface area (Å²) >= 11 is 12.7. The van der Waals surface area contributed by atoms with Crippen molar-refractivity contribution >= 4 is 50.7 Å². The number of carbonyl (C=O) groups is 2. The van der Waals surface area contributed by atoms with Gasteiger partial charge in [-0.05, 0) is 66.9 Å². The van der Waals surface area contributed by atoms with Crippen molar-refractivity contribution in [2.75, 3.05) is 10.8 Å². The normalized spacial score (nSPS) is 12.6. The third-order valence-corrected chi connectivity index (χ3v) is 9.70. The van der Waals surface area contributed by atoms with Crippen LogP contribution in [0.5, 0.6) is 0 Å². The lowest BCUT2D eigenvalue weighted by molar-refractivity contribution is -0.140. The molecule has 7 nitrogen and oxygen atoms in total. The van der Waals surface area contributed by atoms with Crippen LogP contribution in [0.2, 0.25) is 10.0 Å². The number of nitrogens with one attached hydrogen (secondary N) is 1. The first-order chi connectivity index (χ1) is 21.1. The Kier molecular flexibility index (Phi) is 11.4. The van der Waals surface area contributed by atoms with E-state index < -0.39 is 28.5 Å². The minimum Gasteiger partial charge on any atom is -0.352 e. The van der Waals surface area contributed by atoms with E-state index in [-0.39, 0.29) is 35.5 Å². The molecule has 1 N–H and O–H groups in total. The zero-order valence-electron chi connectivity index (χ0n) is 24.6. The summed E-state index contributed by atoms with van der Waals surface area (Å²) < 4.78 is 29.0. The highest BCUT2D eigenvalue weighted by Gasteiger charge is 2.35. The van der Waals surface area contributed by atoms with E-state index in [0.29, 0.717) is 22.0 Å². The molecule has 4 aromatic carbocycles. The Morgan fingerprint density at radius 3 is 2.02 bits per heavy atom. The topological polar surface area (TPSA) is 86.8 Å². The van der Waals surface area contributed by atoms with E-state index in [1.807, 2.05) is 44.2 Å². The van der Waals surface area contributed by atoms with Gasteiger partial charge in [-0.2, -0.15) is 0 Å². The molecule has 0 aliphatic rings. The predicted octanol–water partition coefficient (Wildman–Crippen LogP) is 6.74. The van der Waals surface area contributed by atoms with Crippen LogP contribution in [-0.4, -0.2) is 43.8 Å².